The third kappa shape index (κ3) is 3.95. The molecule has 1 heterocycles. The van der Waals surface area contributed by atoms with Gasteiger partial charge >= 0.3 is 0 Å². The van der Waals surface area contributed by atoms with Gasteiger partial charge in [-0.3, -0.25) is 4.79 Å². The van der Waals surface area contributed by atoms with E-state index in [2.05, 4.69) is 5.32 Å². The summed E-state index contributed by atoms with van der Waals surface area (Å²) in [4.78, 5) is 11.8. The molecule has 0 saturated carbocycles. The molecule has 4 heteroatoms. The Morgan fingerprint density at radius 2 is 2.05 bits per heavy atom. The van der Waals surface area contributed by atoms with Gasteiger partial charge in [0.25, 0.3) is 0 Å². The first-order chi connectivity index (χ1) is 9.15. The van der Waals surface area contributed by atoms with E-state index in [4.69, 9.17) is 4.42 Å². The number of benzene rings is 1. The predicted octanol–water partition coefficient (Wildman–Crippen LogP) is 3.23. The van der Waals surface area contributed by atoms with E-state index in [0.29, 0.717) is 12.8 Å². The number of rotatable bonds is 5. The lowest BCUT2D eigenvalue weighted by Gasteiger charge is -2.14. The number of nitrogens with one attached hydrogen (secondary N) is 1. The van der Waals surface area contributed by atoms with E-state index in [9.17, 15) is 9.18 Å². The molecule has 1 amide bonds. The van der Waals surface area contributed by atoms with Gasteiger partial charge in [0.15, 0.2) is 0 Å². The first-order valence-electron chi connectivity index (χ1n) is 6.22. The second-order valence-electron chi connectivity index (χ2n) is 4.42. The fraction of sp³-hybridized carbons (Fsp3) is 0.267. The minimum atomic E-state index is -0.278. The van der Waals surface area contributed by atoms with Crippen LogP contribution in [-0.4, -0.2) is 5.91 Å². The van der Waals surface area contributed by atoms with Gasteiger partial charge in [-0.25, -0.2) is 4.39 Å². The van der Waals surface area contributed by atoms with Crippen molar-refractivity contribution < 1.29 is 13.6 Å². The highest BCUT2D eigenvalue weighted by molar-refractivity contribution is 5.76. The SMILES string of the molecule is CC(NC(=O)CCc1ccco1)c1ccc(F)cc1. The molecular formula is C15H16FNO2. The van der Waals surface area contributed by atoms with Crippen LogP contribution in [0.25, 0.3) is 0 Å². The van der Waals surface area contributed by atoms with Gasteiger partial charge in [0.05, 0.1) is 12.3 Å². The molecule has 1 aromatic carbocycles. The Morgan fingerprint density at radius 3 is 2.68 bits per heavy atom. The van der Waals surface area contributed by atoms with Crippen LogP contribution in [0.15, 0.2) is 47.1 Å². The molecule has 0 aliphatic rings. The molecule has 1 atom stereocenters. The normalized spacial score (nSPS) is 12.1. The van der Waals surface area contributed by atoms with Gasteiger partial charge in [-0.2, -0.15) is 0 Å². The van der Waals surface area contributed by atoms with Crippen molar-refractivity contribution in [2.75, 3.05) is 0 Å². The maximum Gasteiger partial charge on any atom is 0.220 e. The Balaban J connectivity index is 1.83. The monoisotopic (exact) mass is 261 g/mol. The lowest BCUT2D eigenvalue weighted by Crippen LogP contribution is -2.26. The zero-order valence-electron chi connectivity index (χ0n) is 10.7. The number of furan rings is 1. The molecule has 2 aromatic rings. The Morgan fingerprint density at radius 1 is 1.32 bits per heavy atom. The van der Waals surface area contributed by atoms with Gasteiger partial charge in [0, 0.05) is 12.8 Å². The van der Waals surface area contributed by atoms with E-state index in [1.807, 2.05) is 13.0 Å². The standard InChI is InChI=1S/C15H16FNO2/c1-11(12-4-6-13(16)7-5-12)17-15(18)9-8-14-3-2-10-19-14/h2-7,10-11H,8-9H2,1H3,(H,17,18). The van der Waals surface area contributed by atoms with Crippen LogP contribution in [0.4, 0.5) is 4.39 Å². The predicted molar refractivity (Wildman–Crippen MR) is 70.0 cm³/mol. The Hall–Kier alpha value is -2.10. The van der Waals surface area contributed by atoms with Crippen molar-refractivity contribution in [1.29, 1.82) is 0 Å². The fourth-order valence-electron chi connectivity index (χ4n) is 1.84. The van der Waals surface area contributed by atoms with E-state index < -0.39 is 0 Å². The van der Waals surface area contributed by atoms with Crippen molar-refractivity contribution in [3.05, 3.63) is 59.8 Å². The zero-order valence-corrected chi connectivity index (χ0v) is 10.7. The molecular weight excluding hydrogens is 245 g/mol. The van der Waals surface area contributed by atoms with Crippen molar-refractivity contribution in [2.45, 2.75) is 25.8 Å². The van der Waals surface area contributed by atoms with Crippen LogP contribution in [0.1, 0.15) is 30.7 Å². The van der Waals surface area contributed by atoms with Crippen LogP contribution in [0.2, 0.25) is 0 Å². The molecule has 0 fully saturated rings. The largest absolute Gasteiger partial charge is 0.469 e. The summed E-state index contributed by atoms with van der Waals surface area (Å²) < 4.78 is 18.0. The van der Waals surface area contributed by atoms with Crippen LogP contribution in [0.5, 0.6) is 0 Å². The molecule has 1 unspecified atom stereocenters. The fourth-order valence-corrected chi connectivity index (χ4v) is 1.84. The topological polar surface area (TPSA) is 42.2 Å². The minimum Gasteiger partial charge on any atom is -0.469 e. The molecule has 100 valence electrons. The quantitative estimate of drug-likeness (QED) is 0.897. The Bertz CT molecular complexity index is 520. The molecule has 3 nitrogen and oxygen atoms in total. The lowest BCUT2D eigenvalue weighted by molar-refractivity contribution is -0.121. The van der Waals surface area contributed by atoms with Gasteiger partial charge < -0.3 is 9.73 Å². The summed E-state index contributed by atoms with van der Waals surface area (Å²) in [5.41, 5.74) is 0.882. The maximum atomic E-state index is 12.8. The molecule has 0 aliphatic carbocycles. The molecule has 0 bridgehead atoms. The summed E-state index contributed by atoms with van der Waals surface area (Å²) in [6, 6.07) is 9.64. The number of aryl methyl sites for hydroxylation is 1. The second kappa shape index (κ2) is 6.18. The highest BCUT2D eigenvalue weighted by Crippen LogP contribution is 2.13. The molecule has 2 rings (SSSR count). The summed E-state index contributed by atoms with van der Waals surface area (Å²) in [7, 11) is 0. The van der Waals surface area contributed by atoms with Crippen LogP contribution in [0, 0.1) is 5.82 Å². The Labute approximate surface area is 111 Å². The van der Waals surface area contributed by atoms with Crippen molar-refractivity contribution in [3.8, 4) is 0 Å². The number of halogens is 1. The van der Waals surface area contributed by atoms with Gasteiger partial charge in [0.2, 0.25) is 5.91 Å². The van der Waals surface area contributed by atoms with Crippen LogP contribution in [0.3, 0.4) is 0 Å². The Kier molecular flexibility index (Phi) is 4.34. The van der Waals surface area contributed by atoms with Crippen molar-refractivity contribution in [2.24, 2.45) is 0 Å². The maximum absolute atomic E-state index is 12.8. The zero-order chi connectivity index (χ0) is 13.7. The van der Waals surface area contributed by atoms with Gasteiger partial charge in [-0.15, -0.1) is 0 Å². The number of amides is 1. The van der Waals surface area contributed by atoms with E-state index in [1.54, 1.807) is 24.5 Å². The summed E-state index contributed by atoms with van der Waals surface area (Å²) in [6.45, 7) is 1.87. The van der Waals surface area contributed by atoms with Crippen molar-refractivity contribution >= 4 is 5.91 Å². The molecule has 0 saturated heterocycles. The number of carbonyl (C=O) groups is 1. The second-order valence-corrected chi connectivity index (χ2v) is 4.42. The first kappa shape index (κ1) is 13.3. The highest BCUT2D eigenvalue weighted by atomic mass is 19.1. The van der Waals surface area contributed by atoms with Crippen LogP contribution in [-0.2, 0) is 11.2 Å². The number of hydrogen-bond donors (Lipinski definition) is 1. The summed E-state index contributed by atoms with van der Waals surface area (Å²) in [5.74, 6) is 0.470. The summed E-state index contributed by atoms with van der Waals surface area (Å²) in [6.07, 6.45) is 2.54. The minimum absolute atomic E-state index is 0.0479. The molecule has 0 radical (unpaired) electrons. The highest BCUT2D eigenvalue weighted by Gasteiger charge is 2.10. The van der Waals surface area contributed by atoms with Crippen molar-refractivity contribution in [3.63, 3.8) is 0 Å². The number of carbonyl (C=O) groups excluding carboxylic acids is 1. The lowest BCUT2D eigenvalue weighted by atomic mass is 10.1. The third-order valence-electron chi connectivity index (χ3n) is 2.93. The van der Waals surface area contributed by atoms with Gasteiger partial charge in [-0.05, 0) is 36.8 Å². The third-order valence-corrected chi connectivity index (χ3v) is 2.93. The van der Waals surface area contributed by atoms with Gasteiger partial charge in [0.1, 0.15) is 11.6 Å². The molecule has 0 aliphatic heterocycles. The molecule has 0 spiro atoms. The van der Waals surface area contributed by atoms with E-state index in [1.165, 1.54) is 12.1 Å². The van der Waals surface area contributed by atoms with Crippen LogP contribution < -0.4 is 5.32 Å². The summed E-state index contributed by atoms with van der Waals surface area (Å²) in [5, 5.41) is 2.88. The molecule has 1 N–H and O–H groups in total. The van der Waals surface area contributed by atoms with E-state index in [-0.39, 0.29) is 17.8 Å². The average Bonchev–Trinajstić information content (AvgIpc) is 2.90. The van der Waals surface area contributed by atoms with E-state index >= 15 is 0 Å². The summed E-state index contributed by atoms with van der Waals surface area (Å²) >= 11 is 0. The van der Waals surface area contributed by atoms with Crippen LogP contribution >= 0.6 is 0 Å². The van der Waals surface area contributed by atoms with Gasteiger partial charge in [-0.1, -0.05) is 12.1 Å². The number of hydrogen-bond acceptors (Lipinski definition) is 2. The molecule has 1 aromatic heterocycles. The average molecular weight is 261 g/mol. The van der Waals surface area contributed by atoms with E-state index in [0.717, 1.165) is 11.3 Å². The van der Waals surface area contributed by atoms with Crippen molar-refractivity contribution in [1.82, 2.24) is 5.32 Å². The first-order valence-corrected chi connectivity index (χ1v) is 6.22. The molecule has 19 heavy (non-hydrogen) atoms. The smallest absolute Gasteiger partial charge is 0.220 e.